The normalized spacial score (nSPS) is 10.7. The van der Waals surface area contributed by atoms with Gasteiger partial charge < -0.3 is 10.5 Å². The third-order valence-corrected chi connectivity index (χ3v) is 3.73. The first-order valence-corrected chi connectivity index (χ1v) is 7.60. The lowest BCUT2D eigenvalue weighted by Gasteiger charge is -2.16. The van der Waals surface area contributed by atoms with Crippen LogP contribution in [0.4, 0.5) is 0 Å². The summed E-state index contributed by atoms with van der Waals surface area (Å²) in [5.41, 5.74) is 8.42. The Kier molecular flexibility index (Phi) is 4.68. The Balaban J connectivity index is 2.47. The lowest BCUT2D eigenvalue weighted by Crippen LogP contribution is -2.12. The number of rotatable bonds is 4. The summed E-state index contributed by atoms with van der Waals surface area (Å²) in [5, 5.41) is 7.68. The van der Waals surface area contributed by atoms with Gasteiger partial charge in [0, 0.05) is 4.47 Å². The minimum Gasteiger partial charge on any atom is -0.456 e. The Hall–Kier alpha value is -1.81. The van der Waals surface area contributed by atoms with E-state index in [-0.39, 0.29) is 5.84 Å². The third-order valence-electron chi connectivity index (χ3n) is 3.24. The first-order chi connectivity index (χ1) is 9.88. The summed E-state index contributed by atoms with van der Waals surface area (Å²) in [6.07, 6.45) is 0. The summed E-state index contributed by atoms with van der Waals surface area (Å²) in [7, 11) is 0. The van der Waals surface area contributed by atoms with Crippen LogP contribution in [0.25, 0.3) is 0 Å². The van der Waals surface area contributed by atoms with E-state index in [1.165, 1.54) is 0 Å². The van der Waals surface area contributed by atoms with Crippen molar-refractivity contribution in [1.82, 2.24) is 0 Å². The van der Waals surface area contributed by atoms with Crippen molar-refractivity contribution in [3.63, 3.8) is 0 Å². The summed E-state index contributed by atoms with van der Waals surface area (Å²) in [4.78, 5) is 0. The van der Waals surface area contributed by atoms with Gasteiger partial charge in [-0.1, -0.05) is 35.8 Å². The lowest BCUT2D eigenvalue weighted by molar-refractivity contribution is 0.471. The molecule has 0 aliphatic rings. The molecule has 3 N–H and O–H groups in total. The van der Waals surface area contributed by atoms with Gasteiger partial charge in [-0.15, -0.1) is 0 Å². The monoisotopic (exact) mass is 346 g/mol. The smallest absolute Gasteiger partial charge is 0.138 e. The molecular formula is C17H19BrN2O. The van der Waals surface area contributed by atoms with Gasteiger partial charge >= 0.3 is 0 Å². The molecule has 0 aliphatic carbocycles. The lowest BCUT2D eigenvalue weighted by atomic mass is 10.0. The molecule has 0 heterocycles. The van der Waals surface area contributed by atoms with E-state index in [1.807, 2.05) is 37.3 Å². The van der Waals surface area contributed by atoms with E-state index in [1.54, 1.807) is 0 Å². The van der Waals surface area contributed by atoms with Crippen LogP contribution in [-0.2, 0) is 0 Å². The van der Waals surface area contributed by atoms with Gasteiger partial charge in [0.2, 0.25) is 0 Å². The number of nitrogens with two attached hydrogens (primary N) is 1. The maximum Gasteiger partial charge on any atom is 0.138 e. The Morgan fingerprint density at radius 1 is 1.14 bits per heavy atom. The molecule has 21 heavy (non-hydrogen) atoms. The summed E-state index contributed by atoms with van der Waals surface area (Å²) >= 11 is 3.49. The van der Waals surface area contributed by atoms with Crippen LogP contribution in [0, 0.1) is 12.3 Å². The summed E-state index contributed by atoms with van der Waals surface area (Å²) in [5.74, 6) is 1.75. The average Bonchev–Trinajstić information content (AvgIpc) is 2.40. The number of aryl methyl sites for hydroxylation is 1. The van der Waals surface area contributed by atoms with E-state index >= 15 is 0 Å². The molecule has 0 aliphatic heterocycles. The highest BCUT2D eigenvalue weighted by atomic mass is 79.9. The molecule has 0 spiro atoms. The molecule has 0 bridgehead atoms. The fourth-order valence-corrected chi connectivity index (χ4v) is 2.50. The van der Waals surface area contributed by atoms with Gasteiger partial charge in [-0.3, -0.25) is 5.41 Å². The van der Waals surface area contributed by atoms with Crippen LogP contribution in [0.5, 0.6) is 11.5 Å². The molecular weight excluding hydrogens is 328 g/mol. The quantitative estimate of drug-likeness (QED) is 0.607. The largest absolute Gasteiger partial charge is 0.456 e. The molecule has 0 saturated carbocycles. The fraction of sp³-hybridized carbons (Fsp3) is 0.235. The Morgan fingerprint density at radius 2 is 1.86 bits per heavy atom. The van der Waals surface area contributed by atoms with Gasteiger partial charge in [-0.05, 0) is 54.3 Å². The molecule has 0 aromatic heterocycles. The zero-order chi connectivity index (χ0) is 15.6. The van der Waals surface area contributed by atoms with Crippen LogP contribution in [0.1, 0.15) is 36.5 Å². The van der Waals surface area contributed by atoms with Gasteiger partial charge in [-0.25, -0.2) is 0 Å². The second-order valence-electron chi connectivity index (χ2n) is 5.35. The predicted molar refractivity (Wildman–Crippen MR) is 90.5 cm³/mol. The van der Waals surface area contributed by atoms with Crippen molar-refractivity contribution in [2.75, 3.05) is 0 Å². The highest BCUT2D eigenvalue weighted by Gasteiger charge is 2.13. The minimum absolute atomic E-state index is 0.00760. The van der Waals surface area contributed by atoms with Gasteiger partial charge in [0.1, 0.15) is 17.3 Å². The second kappa shape index (κ2) is 6.31. The topological polar surface area (TPSA) is 59.1 Å². The van der Waals surface area contributed by atoms with Crippen molar-refractivity contribution in [3.8, 4) is 11.5 Å². The molecule has 0 saturated heterocycles. The van der Waals surface area contributed by atoms with E-state index in [2.05, 4.69) is 35.8 Å². The number of amidine groups is 1. The molecule has 2 aromatic carbocycles. The Morgan fingerprint density at radius 3 is 2.48 bits per heavy atom. The van der Waals surface area contributed by atoms with Gasteiger partial charge in [0.05, 0.1) is 5.56 Å². The molecule has 0 fully saturated rings. The highest BCUT2D eigenvalue weighted by Crippen LogP contribution is 2.34. The summed E-state index contributed by atoms with van der Waals surface area (Å²) in [6, 6.07) is 11.6. The molecule has 0 amide bonds. The van der Waals surface area contributed by atoms with Gasteiger partial charge in [0.15, 0.2) is 0 Å². The van der Waals surface area contributed by atoms with E-state index in [4.69, 9.17) is 15.9 Å². The molecule has 0 unspecified atom stereocenters. The first-order valence-electron chi connectivity index (χ1n) is 6.81. The fourth-order valence-electron chi connectivity index (χ4n) is 2.12. The standard InChI is InChI=1S/C17H19BrN2O/c1-10(2)14-9-12(18)5-7-15(14)21-16-8-11(3)4-6-13(16)17(19)20/h4-10H,1-3H3,(H3,19,20). The van der Waals surface area contributed by atoms with Crippen molar-refractivity contribution in [2.24, 2.45) is 5.73 Å². The molecule has 2 rings (SSSR count). The van der Waals surface area contributed by atoms with Crippen molar-refractivity contribution < 1.29 is 4.74 Å². The maximum atomic E-state index is 7.68. The van der Waals surface area contributed by atoms with Crippen LogP contribution in [0.3, 0.4) is 0 Å². The van der Waals surface area contributed by atoms with Crippen molar-refractivity contribution in [1.29, 1.82) is 5.41 Å². The molecule has 110 valence electrons. The first kappa shape index (κ1) is 15.6. The van der Waals surface area contributed by atoms with Gasteiger partial charge in [-0.2, -0.15) is 0 Å². The van der Waals surface area contributed by atoms with Crippen LogP contribution in [0.15, 0.2) is 40.9 Å². The van der Waals surface area contributed by atoms with Crippen LogP contribution < -0.4 is 10.5 Å². The number of hydrogen-bond donors (Lipinski definition) is 2. The zero-order valence-corrected chi connectivity index (χ0v) is 14.0. The summed E-state index contributed by atoms with van der Waals surface area (Å²) < 4.78 is 7.08. The van der Waals surface area contributed by atoms with Crippen molar-refractivity contribution in [2.45, 2.75) is 26.7 Å². The number of benzene rings is 2. The number of halogens is 1. The average molecular weight is 347 g/mol. The van der Waals surface area contributed by atoms with E-state index in [0.717, 1.165) is 21.3 Å². The van der Waals surface area contributed by atoms with Crippen LogP contribution >= 0.6 is 15.9 Å². The van der Waals surface area contributed by atoms with Gasteiger partial charge in [0.25, 0.3) is 0 Å². The number of ether oxygens (including phenoxy) is 1. The second-order valence-corrected chi connectivity index (χ2v) is 6.27. The molecule has 3 nitrogen and oxygen atoms in total. The van der Waals surface area contributed by atoms with Crippen molar-refractivity contribution in [3.05, 3.63) is 57.6 Å². The zero-order valence-electron chi connectivity index (χ0n) is 12.4. The predicted octanol–water partition coefficient (Wildman–Crippen LogP) is 4.96. The highest BCUT2D eigenvalue weighted by molar-refractivity contribution is 9.10. The van der Waals surface area contributed by atoms with E-state index < -0.39 is 0 Å². The van der Waals surface area contributed by atoms with E-state index in [9.17, 15) is 0 Å². The number of hydrogen-bond acceptors (Lipinski definition) is 2. The SMILES string of the molecule is Cc1ccc(C(=N)N)c(Oc2ccc(Br)cc2C(C)C)c1. The molecule has 2 aromatic rings. The minimum atomic E-state index is 0.00760. The molecule has 0 atom stereocenters. The third kappa shape index (κ3) is 3.64. The summed E-state index contributed by atoms with van der Waals surface area (Å²) in [6.45, 7) is 6.23. The Labute approximate surface area is 133 Å². The van der Waals surface area contributed by atoms with Crippen LogP contribution in [0.2, 0.25) is 0 Å². The van der Waals surface area contributed by atoms with Crippen LogP contribution in [-0.4, -0.2) is 5.84 Å². The maximum absolute atomic E-state index is 7.68. The number of nitrogen functional groups attached to an aromatic ring is 1. The van der Waals surface area contributed by atoms with Crippen molar-refractivity contribution >= 4 is 21.8 Å². The molecule has 0 radical (unpaired) electrons. The molecule has 4 heteroatoms. The Bertz CT molecular complexity index is 680. The number of nitrogens with one attached hydrogen (secondary N) is 1. The van der Waals surface area contributed by atoms with E-state index in [0.29, 0.717) is 17.2 Å².